The summed E-state index contributed by atoms with van der Waals surface area (Å²) in [6.45, 7) is 6.60. The minimum atomic E-state index is 0.660. The number of likely N-dealkylation sites (tertiary alicyclic amines) is 1. The van der Waals surface area contributed by atoms with E-state index in [1.54, 1.807) is 11.3 Å². The van der Waals surface area contributed by atoms with Crippen LogP contribution in [0, 0.1) is 6.92 Å². The maximum atomic E-state index is 5.98. The molecule has 0 radical (unpaired) electrons. The second-order valence-electron chi connectivity index (χ2n) is 6.01. The minimum absolute atomic E-state index is 0.660. The van der Waals surface area contributed by atoms with Crippen LogP contribution in [-0.4, -0.2) is 22.5 Å². The van der Waals surface area contributed by atoms with Crippen molar-refractivity contribution in [1.29, 1.82) is 0 Å². The number of piperidine rings is 1. The third-order valence-electron chi connectivity index (χ3n) is 4.29. The Hall–Kier alpha value is -1.39. The highest BCUT2D eigenvalue weighted by molar-refractivity contribution is 7.15. The standard InChI is InChI=1S/C17H23N3S/c1-12-6-5-8-14(10-12)16-15(21-17(18)19-16)11-20-9-4-3-7-13(20)2/h5-6,8,10,13H,3-4,7,9,11H2,1-2H3,(H2,18,19)/t13-/m1/s1. The number of rotatable bonds is 3. The summed E-state index contributed by atoms with van der Waals surface area (Å²) in [7, 11) is 0. The smallest absolute Gasteiger partial charge is 0.180 e. The lowest BCUT2D eigenvalue weighted by Gasteiger charge is -2.33. The summed E-state index contributed by atoms with van der Waals surface area (Å²) in [6.07, 6.45) is 3.96. The highest BCUT2D eigenvalue weighted by atomic mass is 32.1. The number of nitrogens with zero attached hydrogens (tertiary/aromatic N) is 2. The molecule has 2 aromatic rings. The second-order valence-corrected chi connectivity index (χ2v) is 7.12. The van der Waals surface area contributed by atoms with Crippen molar-refractivity contribution in [3.8, 4) is 11.3 Å². The Labute approximate surface area is 130 Å². The molecule has 2 N–H and O–H groups in total. The molecule has 0 amide bonds. The van der Waals surface area contributed by atoms with Crippen LogP contribution < -0.4 is 5.73 Å². The molecule has 1 saturated heterocycles. The third kappa shape index (κ3) is 3.27. The molecule has 112 valence electrons. The minimum Gasteiger partial charge on any atom is -0.375 e. The van der Waals surface area contributed by atoms with Gasteiger partial charge in [0.2, 0.25) is 0 Å². The van der Waals surface area contributed by atoms with E-state index in [0.29, 0.717) is 11.2 Å². The molecular weight excluding hydrogens is 278 g/mol. The normalized spacial score (nSPS) is 19.8. The van der Waals surface area contributed by atoms with Crippen LogP contribution in [0.25, 0.3) is 11.3 Å². The number of nitrogens with two attached hydrogens (primary N) is 1. The first-order valence-corrected chi connectivity index (χ1v) is 8.51. The molecule has 3 rings (SSSR count). The summed E-state index contributed by atoms with van der Waals surface area (Å²) in [5.74, 6) is 0. The Morgan fingerprint density at radius 2 is 2.24 bits per heavy atom. The highest BCUT2D eigenvalue weighted by Crippen LogP contribution is 2.32. The first kappa shape index (κ1) is 14.5. The van der Waals surface area contributed by atoms with Gasteiger partial charge in [0.25, 0.3) is 0 Å². The average Bonchev–Trinajstić information content (AvgIpc) is 2.82. The third-order valence-corrected chi connectivity index (χ3v) is 5.16. The Bertz CT molecular complexity index is 620. The van der Waals surface area contributed by atoms with Crippen LogP contribution in [0.4, 0.5) is 5.13 Å². The van der Waals surface area contributed by atoms with Gasteiger partial charge in [-0.25, -0.2) is 4.98 Å². The predicted molar refractivity (Wildman–Crippen MR) is 90.4 cm³/mol. The topological polar surface area (TPSA) is 42.1 Å². The van der Waals surface area contributed by atoms with Gasteiger partial charge in [-0.1, -0.05) is 30.2 Å². The molecule has 1 atom stereocenters. The Morgan fingerprint density at radius 1 is 1.38 bits per heavy atom. The van der Waals surface area contributed by atoms with Crippen molar-refractivity contribution in [1.82, 2.24) is 9.88 Å². The summed E-state index contributed by atoms with van der Waals surface area (Å²) in [6, 6.07) is 9.19. The van der Waals surface area contributed by atoms with E-state index in [-0.39, 0.29) is 0 Å². The lowest BCUT2D eigenvalue weighted by atomic mass is 10.0. The maximum absolute atomic E-state index is 5.98. The second kappa shape index (κ2) is 6.16. The molecule has 3 nitrogen and oxygen atoms in total. The Kier molecular flexibility index (Phi) is 4.27. The van der Waals surface area contributed by atoms with Gasteiger partial charge in [-0.3, -0.25) is 4.90 Å². The van der Waals surface area contributed by atoms with Gasteiger partial charge in [-0.15, -0.1) is 11.3 Å². The average molecular weight is 301 g/mol. The molecule has 0 spiro atoms. The lowest BCUT2D eigenvalue weighted by molar-refractivity contribution is 0.154. The van der Waals surface area contributed by atoms with E-state index in [0.717, 1.165) is 12.2 Å². The summed E-state index contributed by atoms with van der Waals surface area (Å²) in [5.41, 5.74) is 9.50. The van der Waals surface area contributed by atoms with Gasteiger partial charge >= 0.3 is 0 Å². The van der Waals surface area contributed by atoms with Crippen LogP contribution in [0.2, 0.25) is 0 Å². The van der Waals surface area contributed by atoms with Gasteiger partial charge in [0, 0.05) is 23.0 Å². The van der Waals surface area contributed by atoms with Crippen molar-refractivity contribution in [2.24, 2.45) is 0 Å². The highest BCUT2D eigenvalue weighted by Gasteiger charge is 2.21. The number of anilines is 1. The molecule has 1 aromatic heterocycles. The molecule has 21 heavy (non-hydrogen) atoms. The number of aromatic nitrogens is 1. The number of aryl methyl sites for hydroxylation is 1. The van der Waals surface area contributed by atoms with E-state index in [2.05, 4.69) is 48.0 Å². The van der Waals surface area contributed by atoms with Gasteiger partial charge in [-0.05, 0) is 39.3 Å². The quantitative estimate of drug-likeness (QED) is 0.929. The Morgan fingerprint density at radius 3 is 3.00 bits per heavy atom. The van der Waals surface area contributed by atoms with Crippen LogP contribution >= 0.6 is 11.3 Å². The molecule has 2 heterocycles. The van der Waals surface area contributed by atoms with Gasteiger partial charge in [0.1, 0.15) is 0 Å². The molecule has 1 aliphatic heterocycles. The van der Waals surface area contributed by atoms with E-state index in [4.69, 9.17) is 5.73 Å². The van der Waals surface area contributed by atoms with E-state index in [1.807, 2.05) is 0 Å². The van der Waals surface area contributed by atoms with E-state index < -0.39 is 0 Å². The van der Waals surface area contributed by atoms with Crippen molar-refractivity contribution < 1.29 is 0 Å². The zero-order valence-corrected chi connectivity index (χ0v) is 13.6. The first-order chi connectivity index (χ1) is 10.1. The summed E-state index contributed by atoms with van der Waals surface area (Å²) >= 11 is 1.64. The van der Waals surface area contributed by atoms with Crippen molar-refractivity contribution in [2.45, 2.75) is 45.7 Å². The monoisotopic (exact) mass is 301 g/mol. The van der Waals surface area contributed by atoms with Crippen molar-refractivity contribution >= 4 is 16.5 Å². The zero-order chi connectivity index (χ0) is 14.8. The first-order valence-electron chi connectivity index (χ1n) is 7.70. The molecule has 4 heteroatoms. The summed E-state index contributed by atoms with van der Waals surface area (Å²) in [4.78, 5) is 8.45. The van der Waals surface area contributed by atoms with E-state index >= 15 is 0 Å². The number of hydrogen-bond donors (Lipinski definition) is 1. The van der Waals surface area contributed by atoms with Gasteiger partial charge in [0.05, 0.1) is 5.69 Å². The number of nitrogen functional groups attached to an aromatic ring is 1. The van der Waals surface area contributed by atoms with Crippen LogP contribution in [0.3, 0.4) is 0 Å². The molecule has 0 saturated carbocycles. The molecule has 1 fully saturated rings. The number of thiazole rings is 1. The fourth-order valence-corrected chi connectivity index (χ4v) is 3.95. The maximum Gasteiger partial charge on any atom is 0.180 e. The molecule has 0 aliphatic carbocycles. The van der Waals surface area contributed by atoms with Crippen molar-refractivity contribution in [3.05, 3.63) is 34.7 Å². The predicted octanol–water partition coefficient (Wildman–Crippen LogP) is 4.08. The lowest BCUT2D eigenvalue weighted by Crippen LogP contribution is -2.36. The molecule has 1 aliphatic rings. The van der Waals surface area contributed by atoms with Gasteiger partial charge in [0.15, 0.2) is 5.13 Å². The van der Waals surface area contributed by atoms with Crippen molar-refractivity contribution in [3.63, 3.8) is 0 Å². The van der Waals surface area contributed by atoms with Crippen molar-refractivity contribution in [2.75, 3.05) is 12.3 Å². The van der Waals surface area contributed by atoms with Gasteiger partial charge < -0.3 is 5.73 Å². The van der Waals surface area contributed by atoms with E-state index in [1.165, 1.54) is 41.8 Å². The fraction of sp³-hybridized carbons (Fsp3) is 0.471. The largest absolute Gasteiger partial charge is 0.375 e. The summed E-state index contributed by atoms with van der Waals surface area (Å²) in [5, 5.41) is 0.672. The molecule has 0 unspecified atom stereocenters. The molecule has 1 aromatic carbocycles. The summed E-state index contributed by atoms with van der Waals surface area (Å²) < 4.78 is 0. The van der Waals surface area contributed by atoms with E-state index in [9.17, 15) is 0 Å². The van der Waals surface area contributed by atoms with Crippen LogP contribution in [0.5, 0.6) is 0 Å². The fourth-order valence-electron chi connectivity index (χ4n) is 3.07. The van der Waals surface area contributed by atoms with Crippen LogP contribution in [0.1, 0.15) is 36.6 Å². The molecular formula is C17H23N3S. The Balaban J connectivity index is 1.89. The van der Waals surface area contributed by atoms with Crippen LogP contribution in [-0.2, 0) is 6.54 Å². The SMILES string of the molecule is Cc1cccc(-c2nc(N)sc2CN2CCCC[C@H]2C)c1. The zero-order valence-electron chi connectivity index (χ0n) is 12.8. The van der Waals surface area contributed by atoms with Crippen LogP contribution in [0.15, 0.2) is 24.3 Å². The molecule has 0 bridgehead atoms. The number of hydrogen-bond acceptors (Lipinski definition) is 4. The number of benzene rings is 1. The van der Waals surface area contributed by atoms with Gasteiger partial charge in [-0.2, -0.15) is 0 Å².